The second-order valence-corrected chi connectivity index (χ2v) is 9.44. The molecule has 4 rings (SSSR count). The zero-order valence-electron chi connectivity index (χ0n) is 19.3. The molecule has 0 fully saturated rings. The largest absolute Gasteiger partial charge is 0.448 e. The highest BCUT2D eigenvalue weighted by Gasteiger charge is 2.28. The number of carbonyl (C=O) groups excluding carboxylic acids is 2. The number of imidazole rings is 1. The average molecular weight is 478 g/mol. The van der Waals surface area contributed by atoms with Crippen LogP contribution < -0.4 is 5.32 Å². The summed E-state index contributed by atoms with van der Waals surface area (Å²) in [6.07, 6.45) is 4.07. The first-order valence-corrected chi connectivity index (χ1v) is 12.1. The van der Waals surface area contributed by atoms with Gasteiger partial charge in [-0.25, -0.2) is 9.78 Å². The monoisotopic (exact) mass is 477 g/mol. The number of amides is 2. The highest BCUT2D eigenvalue weighted by molar-refractivity contribution is 7.16. The number of aromatic nitrogens is 2. The molecule has 0 radical (unpaired) electrons. The summed E-state index contributed by atoms with van der Waals surface area (Å²) in [4.78, 5) is 32.0. The van der Waals surface area contributed by atoms with Crippen molar-refractivity contribution in [2.24, 2.45) is 0 Å². The van der Waals surface area contributed by atoms with Crippen LogP contribution in [0.15, 0.2) is 42.7 Å². The number of fused-ring (bicyclic) bond motifs is 1. The molecule has 0 unspecified atom stereocenters. The highest BCUT2D eigenvalue weighted by Crippen LogP contribution is 2.37. The molecule has 0 saturated heterocycles. The molecule has 34 heavy (non-hydrogen) atoms. The average Bonchev–Trinajstić information content (AvgIpc) is 3.40. The van der Waals surface area contributed by atoms with E-state index in [4.69, 9.17) is 4.74 Å². The van der Waals surface area contributed by atoms with Gasteiger partial charge in [-0.05, 0) is 30.4 Å². The zero-order valence-corrected chi connectivity index (χ0v) is 20.1. The van der Waals surface area contributed by atoms with Crippen molar-refractivity contribution in [2.45, 2.75) is 45.7 Å². The number of rotatable bonds is 7. The summed E-state index contributed by atoms with van der Waals surface area (Å²) >= 11 is 1.37. The third-order valence-electron chi connectivity index (χ3n) is 6.02. The van der Waals surface area contributed by atoms with Crippen molar-refractivity contribution >= 4 is 28.3 Å². The van der Waals surface area contributed by atoms with Gasteiger partial charge in [-0.2, -0.15) is 5.26 Å². The molecule has 1 aliphatic heterocycles. The summed E-state index contributed by atoms with van der Waals surface area (Å²) in [7, 11) is 0. The van der Waals surface area contributed by atoms with Crippen molar-refractivity contribution in [2.75, 3.05) is 18.5 Å². The fourth-order valence-corrected chi connectivity index (χ4v) is 5.31. The van der Waals surface area contributed by atoms with Crippen molar-refractivity contribution in [3.05, 3.63) is 70.1 Å². The Morgan fingerprint density at radius 3 is 2.82 bits per heavy atom. The van der Waals surface area contributed by atoms with E-state index in [0.29, 0.717) is 43.0 Å². The van der Waals surface area contributed by atoms with Crippen molar-refractivity contribution in [1.29, 1.82) is 5.26 Å². The minimum Gasteiger partial charge on any atom is -0.448 e. The van der Waals surface area contributed by atoms with E-state index in [0.717, 1.165) is 21.8 Å². The van der Waals surface area contributed by atoms with Gasteiger partial charge in [0.15, 0.2) is 0 Å². The molecule has 8 nitrogen and oxygen atoms in total. The van der Waals surface area contributed by atoms with Gasteiger partial charge in [0.25, 0.3) is 0 Å². The van der Waals surface area contributed by atoms with E-state index >= 15 is 0 Å². The number of nitrogens with one attached hydrogen (secondary N) is 1. The van der Waals surface area contributed by atoms with Gasteiger partial charge in [0.2, 0.25) is 5.91 Å². The molecular weight excluding hydrogens is 450 g/mol. The second kappa shape index (κ2) is 10.5. The maximum atomic E-state index is 12.7. The summed E-state index contributed by atoms with van der Waals surface area (Å²) < 4.78 is 7.37. The second-order valence-electron chi connectivity index (χ2n) is 8.34. The molecule has 176 valence electrons. The van der Waals surface area contributed by atoms with Gasteiger partial charge in [-0.3, -0.25) is 4.79 Å². The van der Waals surface area contributed by atoms with Crippen LogP contribution in [0.2, 0.25) is 0 Å². The lowest BCUT2D eigenvalue weighted by Crippen LogP contribution is -2.36. The fraction of sp³-hybridized carbons (Fsp3) is 0.360. The van der Waals surface area contributed by atoms with Gasteiger partial charge < -0.3 is 19.5 Å². The lowest BCUT2D eigenvalue weighted by Gasteiger charge is -2.26. The first-order chi connectivity index (χ1) is 16.5. The lowest BCUT2D eigenvalue weighted by molar-refractivity contribution is -0.116. The Balaban J connectivity index is 1.36. The van der Waals surface area contributed by atoms with Crippen LogP contribution in [0.5, 0.6) is 0 Å². The normalized spacial score (nSPS) is 13.6. The minimum atomic E-state index is -0.377. The Bertz CT molecular complexity index is 1210. The van der Waals surface area contributed by atoms with E-state index < -0.39 is 0 Å². The number of thiophene rings is 1. The number of anilines is 1. The third kappa shape index (κ3) is 5.29. The van der Waals surface area contributed by atoms with E-state index in [2.05, 4.69) is 16.4 Å². The molecule has 1 atom stereocenters. The minimum absolute atomic E-state index is 0.0673. The number of carbonyl (C=O) groups is 2. The number of nitriles is 1. The summed E-state index contributed by atoms with van der Waals surface area (Å²) in [5.41, 5.74) is 2.52. The standard InChI is InChI=1S/C25H27N5O3S/c1-17(19-6-4-3-5-7-19)14-23(31)28-24-21(15-26)20-8-10-30(16-22(20)34-24)25(32)33-13-12-29-11-9-27-18(29)2/h3-7,9,11,17H,8,10,12-14,16H2,1-2H3,(H,28,31)/t17-/m0/s1. The molecule has 1 aromatic carbocycles. The summed E-state index contributed by atoms with van der Waals surface area (Å²) in [5, 5.41) is 13.2. The molecule has 1 aliphatic rings. The Morgan fingerprint density at radius 2 is 2.12 bits per heavy atom. The van der Waals surface area contributed by atoms with Gasteiger partial charge in [0, 0.05) is 30.2 Å². The van der Waals surface area contributed by atoms with Crippen LogP contribution in [0.3, 0.4) is 0 Å². The van der Waals surface area contributed by atoms with Crippen LogP contribution in [0.1, 0.15) is 46.7 Å². The number of benzene rings is 1. The SMILES string of the molecule is Cc1nccn1CCOC(=O)N1CCc2c(sc(NC(=O)C[C@H](C)c3ccccc3)c2C#N)C1. The van der Waals surface area contributed by atoms with Gasteiger partial charge in [-0.1, -0.05) is 37.3 Å². The van der Waals surface area contributed by atoms with Gasteiger partial charge in [-0.15, -0.1) is 11.3 Å². The third-order valence-corrected chi connectivity index (χ3v) is 7.15. The van der Waals surface area contributed by atoms with E-state index in [9.17, 15) is 14.9 Å². The van der Waals surface area contributed by atoms with Crippen molar-refractivity contribution < 1.29 is 14.3 Å². The van der Waals surface area contributed by atoms with Crippen molar-refractivity contribution in [1.82, 2.24) is 14.5 Å². The molecule has 0 saturated carbocycles. The molecule has 3 aromatic rings. The number of ether oxygens (including phenoxy) is 1. The molecule has 3 heterocycles. The maximum absolute atomic E-state index is 12.7. The van der Waals surface area contributed by atoms with Crippen LogP contribution in [0.25, 0.3) is 0 Å². The van der Waals surface area contributed by atoms with Crippen LogP contribution in [0, 0.1) is 18.3 Å². The molecule has 9 heteroatoms. The van der Waals surface area contributed by atoms with E-state index in [-0.39, 0.29) is 24.5 Å². The number of hydrogen-bond donors (Lipinski definition) is 1. The number of nitrogens with zero attached hydrogens (tertiary/aromatic N) is 4. The Labute approximate surface area is 202 Å². The van der Waals surface area contributed by atoms with Gasteiger partial charge >= 0.3 is 6.09 Å². The van der Waals surface area contributed by atoms with Crippen LogP contribution in [-0.4, -0.2) is 39.6 Å². The Hall–Kier alpha value is -3.64. The molecular formula is C25H27N5O3S. The first kappa shape index (κ1) is 23.5. The van der Waals surface area contributed by atoms with Crippen LogP contribution in [0.4, 0.5) is 9.80 Å². The predicted octanol–water partition coefficient (Wildman–Crippen LogP) is 4.45. The quantitative estimate of drug-likeness (QED) is 0.542. The topological polar surface area (TPSA) is 100 Å². The van der Waals surface area contributed by atoms with Gasteiger partial charge in [0.1, 0.15) is 23.5 Å². The molecule has 0 spiro atoms. The van der Waals surface area contributed by atoms with Crippen LogP contribution >= 0.6 is 11.3 Å². The Morgan fingerprint density at radius 1 is 1.32 bits per heavy atom. The molecule has 1 N–H and O–H groups in total. The fourth-order valence-electron chi connectivity index (χ4n) is 4.08. The van der Waals surface area contributed by atoms with E-state index in [1.807, 2.05) is 54.9 Å². The Kier molecular flexibility index (Phi) is 7.28. The first-order valence-electron chi connectivity index (χ1n) is 11.2. The summed E-state index contributed by atoms with van der Waals surface area (Å²) in [6.45, 7) is 5.56. The van der Waals surface area contributed by atoms with E-state index in [1.54, 1.807) is 11.1 Å². The predicted molar refractivity (Wildman–Crippen MR) is 130 cm³/mol. The summed E-state index contributed by atoms with van der Waals surface area (Å²) in [5.74, 6) is 0.809. The summed E-state index contributed by atoms with van der Waals surface area (Å²) in [6, 6.07) is 12.1. The van der Waals surface area contributed by atoms with E-state index in [1.165, 1.54) is 11.3 Å². The molecule has 0 bridgehead atoms. The van der Waals surface area contributed by atoms with Gasteiger partial charge in [0.05, 0.1) is 18.7 Å². The maximum Gasteiger partial charge on any atom is 0.410 e. The molecule has 2 aromatic heterocycles. The molecule has 0 aliphatic carbocycles. The highest BCUT2D eigenvalue weighted by atomic mass is 32.1. The van der Waals surface area contributed by atoms with Crippen LogP contribution in [-0.2, 0) is 29.0 Å². The smallest absolute Gasteiger partial charge is 0.410 e. The zero-order chi connectivity index (χ0) is 24.1. The lowest BCUT2D eigenvalue weighted by atomic mass is 9.97. The molecule has 2 amide bonds. The number of hydrogen-bond acceptors (Lipinski definition) is 6. The van der Waals surface area contributed by atoms with Crippen molar-refractivity contribution in [3.8, 4) is 6.07 Å². The number of aryl methyl sites for hydroxylation is 1. The van der Waals surface area contributed by atoms with Crippen molar-refractivity contribution in [3.63, 3.8) is 0 Å².